The molecule has 18 heavy (non-hydrogen) atoms. The Kier molecular flexibility index (Phi) is 3.98. The molecule has 0 heterocycles. The predicted octanol–water partition coefficient (Wildman–Crippen LogP) is 1.80. The lowest BCUT2D eigenvalue weighted by Gasteiger charge is -1.97. The van der Waals surface area contributed by atoms with Crippen molar-refractivity contribution in [2.75, 3.05) is 0 Å². The van der Waals surface area contributed by atoms with E-state index >= 15 is 0 Å². The minimum Gasteiger partial charge on any atom is -0.435 e. The van der Waals surface area contributed by atoms with Crippen LogP contribution < -0.4 is 10.4 Å². The Hall–Kier alpha value is -2.27. The van der Waals surface area contributed by atoms with Gasteiger partial charge in [-0.15, -0.1) is 11.5 Å². The van der Waals surface area contributed by atoms with Gasteiger partial charge in [0.2, 0.25) is 0 Å². The van der Waals surface area contributed by atoms with Crippen LogP contribution in [-0.2, 0) is 9.53 Å². The van der Waals surface area contributed by atoms with Crippen molar-refractivity contribution in [1.82, 2.24) is 0 Å². The van der Waals surface area contributed by atoms with Gasteiger partial charge in [0.1, 0.15) is 0 Å². The topological polar surface area (TPSA) is 26.3 Å². The van der Waals surface area contributed by atoms with E-state index in [1.54, 1.807) is 0 Å². The predicted molar refractivity (Wildman–Crippen MR) is 70.7 cm³/mol. The molecule has 0 N–H and O–H groups in total. The van der Waals surface area contributed by atoms with E-state index in [-0.39, 0.29) is 5.97 Å². The van der Waals surface area contributed by atoms with Crippen molar-refractivity contribution in [3.05, 3.63) is 58.7 Å². The number of fused-ring (bicyclic) bond motifs is 1. The van der Waals surface area contributed by atoms with Crippen LogP contribution in [0.25, 0.3) is 11.5 Å². The van der Waals surface area contributed by atoms with Crippen LogP contribution in [0.1, 0.15) is 19.8 Å². The van der Waals surface area contributed by atoms with E-state index in [1.165, 1.54) is 13.2 Å². The first kappa shape index (κ1) is 12.2. The second-order valence-electron chi connectivity index (χ2n) is 4.00. The molecule has 90 valence electrons. The first-order valence-electron chi connectivity index (χ1n) is 5.89. The van der Waals surface area contributed by atoms with Crippen molar-refractivity contribution in [2.45, 2.75) is 19.8 Å². The standard InChI is InChI=1S/C16H14O2/c1-13(17)18-11-5-4-6-14-9-10-15-7-2-3-8-16(15)12-14/h2-3,5,7-9,11H,4,6H2,1H3/b11-5+. The quantitative estimate of drug-likeness (QED) is 0.590. The van der Waals surface area contributed by atoms with E-state index in [2.05, 4.69) is 11.5 Å². The second kappa shape index (κ2) is 5.88. The average molecular weight is 238 g/mol. The number of hydrogen-bond acceptors (Lipinski definition) is 2. The minimum absolute atomic E-state index is 0.295. The van der Waals surface area contributed by atoms with Gasteiger partial charge in [0.05, 0.1) is 6.26 Å². The fourth-order valence-corrected chi connectivity index (χ4v) is 1.68. The number of carbonyl (C=O) groups is 1. The summed E-state index contributed by atoms with van der Waals surface area (Å²) in [5, 5.41) is 2.16. The molecule has 0 saturated carbocycles. The number of rotatable bonds is 4. The summed E-state index contributed by atoms with van der Waals surface area (Å²) in [6.07, 6.45) is 6.91. The molecule has 0 saturated heterocycles. The zero-order chi connectivity index (χ0) is 12.8. The fourth-order valence-electron chi connectivity index (χ4n) is 1.68. The number of benzene rings is 1. The molecule has 2 heteroatoms. The molecule has 0 aliphatic heterocycles. The molecule has 2 rings (SSSR count). The third-order valence-electron chi connectivity index (χ3n) is 2.53. The monoisotopic (exact) mass is 238 g/mol. The fraction of sp³-hybridized carbons (Fsp3) is 0.188. The smallest absolute Gasteiger partial charge is 0.307 e. The highest BCUT2D eigenvalue weighted by Gasteiger charge is 1.94. The van der Waals surface area contributed by atoms with Gasteiger partial charge in [-0.25, -0.2) is 0 Å². The molecule has 1 aromatic carbocycles. The molecule has 0 bridgehead atoms. The lowest BCUT2D eigenvalue weighted by molar-refractivity contribution is -0.135. The van der Waals surface area contributed by atoms with Crippen LogP contribution in [0.15, 0.2) is 48.3 Å². The van der Waals surface area contributed by atoms with Crippen molar-refractivity contribution in [3.8, 4) is 0 Å². The Morgan fingerprint density at radius 2 is 2.11 bits per heavy atom. The largest absolute Gasteiger partial charge is 0.435 e. The van der Waals surface area contributed by atoms with E-state index in [9.17, 15) is 4.79 Å². The van der Waals surface area contributed by atoms with E-state index in [1.807, 2.05) is 36.4 Å². The summed E-state index contributed by atoms with van der Waals surface area (Å²) in [5.41, 5.74) is 7.70. The molecule has 1 aliphatic carbocycles. The molecular weight excluding hydrogens is 224 g/mol. The molecule has 1 aliphatic rings. The van der Waals surface area contributed by atoms with Crippen LogP contribution >= 0.6 is 0 Å². The molecular formula is C16H14O2. The van der Waals surface area contributed by atoms with Crippen LogP contribution in [0, 0.1) is 0 Å². The first-order valence-corrected chi connectivity index (χ1v) is 5.89. The van der Waals surface area contributed by atoms with E-state index < -0.39 is 0 Å². The van der Waals surface area contributed by atoms with Gasteiger partial charge in [-0.05, 0) is 37.1 Å². The SMILES string of the molecule is CC(=O)O/C=C/CCC1=C=c2ccccc2=C=C1. The Labute approximate surface area is 106 Å². The van der Waals surface area contributed by atoms with Gasteiger partial charge in [0.15, 0.2) is 0 Å². The van der Waals surface area contributed by atoms with E-state index in [4.69, 9.17) is 4.74 Å². The van der Waals surface area contributed by atoms with Crippen molar-refractivity contribution in [3.63, 3.8) is 0 Å². The van der Waals surface area contributed by atoms with Crippen molar-refractivity contribution in [2.24, 2.45) is 0 Å². The molecule has 0 fully saturated rings. The molecule has 0 atom stereocenters. The lowest BCUT2D eigenvalue weighted by atomic mass is 10.1. The zero-order valence-corrected chi connectivity index (χ0v) is 10.3. The maximum atomic E-state index is 10.5. The maximum Gasteiger partial charge on any atom is 0.307 e. The molecule has 2 nitrogen and oxygen atoms in total. The summed E-state index contributed by atoms with van der Waals surface area (Å²) < 4.78 is 4.71. The first-order chi connectivity index (χ1) is 8.75. The van der Waals surface area contributed by atoms with Gasteiger partial charge < -0.3 is 4.74 Å². The Balaban J connectivity index is 2.03. The third kappa shape index (κ3) is 3.36. The van der Waals surface area contributed by atoms with Crippen LogP contribution in [-0.4, -0.2) is 5.97 Å². The lowest BCUT2D eigenvalue weighted by Crippen LogP contribution is -2.22. The van der Waals surface area contributed by atoms with Gasteiger partial charge in [0.25, 0.3) is 0 Å². The summed E-state index contributed by atoms with van der Waals surface area (Å²) in [6, 6.07) is 8.05. The van der Waals surface area contributed by atoms with Crippen LogP contribution in [0.5, 0.6) is 0 Å². The number of carbonyl (C=O) groups excluding carboxylic acids is 1. The second-order valence-corrected chi connectivity index (χ2v) is 4.00. The van der Waals surface area contributed by atoms with Crippen LogP contribution in [0.3, 0.4) is 0 Å². The number of esters is 1. The van der Waals surface area contributed by atoms with E-state index in [0.29, 0.717) is 0 Å². The van der Waals surface area contributed by atoms with Gasteiger partial charge in [-0.1, -0.05) is 12.1 Å². The molecule has 0 spiro atoms. The van der Waals surface area contributed by atoms with Gasteiger partial charge >= 0.3 is 5.97 Å². The van der Waals surface area contributed by atoms with Crippen molar-refractivity contribution in [1.29, 1.82) is 0 Å². The number of ether oxygens (including phenoxy) is 1. The summed E-state index contributed by atoms with van der Waals surface area (Å²) in [7, 11) is 0. The normalized spacial score (nSPS) is 12.4. The molecule has 1 aromatic rings. The summed E-state index contributed by atoms with van der Waals surface area (Å²) in [4.78, 5) is 10.5. The summed E-state index contributed by atoms with van der Waals surface area (Å²) in [6.45, 7) is 1.39. The number of hydrogen-bond donors (Lipinski definition) is 0. The minimum atomic E-state index is -0.295. The highest BCUT2D eigenvalue weighted by molar-refractivity contribution is 5.66. The van der Waals surface area contributed by atoms with Crippen molar-refractivity contribution < 1.29 is 9.53 Å². The zero-order valence-electron chi connectivity index (χ0n) is 10.3. The van der Waals surface area contributed by atoms with Gasteiger partial charge in [0, 0.05) is 22.9 Å². The average Bonchev–Trinajstić information content (AvgIpc) is 2.38. The Morgan fingerprint density at radius 1 is 1.33 bits per heavy atom. The highest BCUT2D eigenvalue weighted by atomic mass is 16.5. The van der Waals surface area contributed by atoms with Gasteiger partial charge in [-0.3, -0.25) is 4.79 Å². The Bertz CT molecular complexity index is 667. The van der Waals surface area contributed by atoms with E-state index in [0.717, 1.165) is 28.9 Å². The van der Waals surface area contributed by atoms with Gasteiger partial charge in [-0.2, -0.15) is 0 Å². The highest BCUT2D eigenvalue weighted by Crippen LogP contribution is 2.06. The maximum absolute atomic E-state index is 10.5. The Morgan fingerprint density at radius 3 is 2.89 bits per heavy atom. The molecule has 0 amide bonds. The summed E-state index contributed by atoms with van der Waals surface area (Å²) in [5.74, 6) is -0.295. The molecule has 0 radical (unpaired) electrons. The molecule has 0 unspecified atom stereocenters. The number of allylic oxidation sites excluding steroid dienone is 3. The van der Waals surface area contributed by atoms with Crippen molar-refractivity contribution >= 4 is 17.4 Å². The van der Waals surface area contributed by atoms with Crippen LogP contribution in [0.2, 0.25) is 0 Å². The molecule has 0 aromatic heterocycles. The summed E-state index contributed by atoms with van der Waals surface area (Å²) >= 11 is 0. The third-order valence-corrected chi connectivity index (χ3v) is 2.53. The van der Waals surface area contributed by atoms with Crippen LogP contribution in [0.4, 0.5) is 0 Å².